The number of cyclic esters (lactones) is 1. The fourth-order valence-electron chi connectivity index (χ4n) is 5.58. The Balaban J connectivity index is 1.50. The summed E-state index contributed by atoms with van der Waals surface area (Å²) in [6, 6.07) is 19.8. The van der Waals surface area contributed by atoms with Gasteiger partial charge in [0, 0.05) is 19.1 Å². The number of hydrogen-bond donors (Lipinski definition) is 0. The quantitative estimate of drug-likeness (QED) is 0.132. The molecule has 2 aliphatic heterocycles. The number of carbonyl (C=O) groups is 2. The Hall–Kier alpha value is -4.64. The van der Waals surface area contributed by atoms with Gasteiger partial charge in [-0.3, -0.25) is 0 Å². The van der Waals surface area contributed by atoms with E-state index in [0.29, 0.717) is 23.3 Å². The lowest BCUT2D eigenvalue weighted by Crippen LogP contribution is -2.37. The normalized spacial score (nSPS) is 24.0. The molecule has 0 amide bonds. The second kappa shape index (κ2) is 16.2. The second-order valence-corrected chi connectivity index (χ2v) is 12.4. The Labute approximate surface area is 287 Å². The maximum Gasteiger partial charge on any atom is 0.342 e. The molecule has 2 heterocycles. The number of rotatable bonds is 9. The van der Waals surface area contributed by atoms with Crippen LogP contribution in [0.5, 0.6) is 17.2 Å². The van der Waals surface area contributed by atoms with Crippen LogP contribution in [-0.4, -0.2) is 63.2 Å². The molecule has 2 aliphatic rings. The number of benzene rings is 3. The second-order valence-electron chi connectivity index (χ2n) is 12.4. The number of esters is 2. The van der Waals surface area contributed by atoms with Gasteiger partial charge in [0.05, 0.1) is 18.8 Å². The minimum Gasteiger partial charge on any atom is -0.497 e. The molecular formula is C39H44O10. The molecule has 0 saturated carbocycles. The first-order valence-corrected chi connectivity index (χ1v) is 16.3. The van der Waals surface area contributed by atoms with Gasteiger partial charge in [0.2, 0.25) is 0 Å². The van der Waals surface area contributed by atoms with Crippen molar-refractivity contribution in [1.82, 2.24) is 0 Å². The van der Waals surface area contributed by atoms with E-state index >= 15 is 0 Å². The summed E-state index contributed by atoms with van der Waals surface area (Å²) in [4.78, 5) is 27.0. The lowest BCUT2D eigenvalue weighted by Gasteiger charge is -2.25. The highest BCUT2D eigenvalue weighted by molar-refractivity contribution is 5.97. The van der Waals surface area contributed by atoms with Crippen molar-refractivity contribution < 1.29 is 47.5 Å². The van der Waals surface area contributed by atoms with Crippen molar-refractivity contribution in [2.24, 2.45) is 5.92 Å². The first kappa shape index (κ1) is 35.7. The van der Waals surface area contributed by atoms with Gasteiger partial charge in [-0.2, -0.15) is 0 Å². The summed E-state index contributed by atoms with van der Waals surface area (Å²) < 4.78 is 47.2. The molecule has 3 aromatic rings. The lowest BCUT2D eigenvalue weighted by atomic mass is 9.98. The minimum atomic E-state index is -0.929. The summed E-state index contributed by atoms with van der Waals surface area (Å²) in [5, 5.41) is 0. The zero-order valence-electron chi connectivity index (χ0n) is 28.8. The lowest BCUT2D eigenvalue weighted by molar-refractivity contribution is -0.152. The van der Waals surface area contributed by atoms with Crippen LogP contribution in [0.25, 0.3) is 6.08 Å². The van der Waals surface area contributed by atoms with Gasteiger partial charge in [-0.25, -0.2) is 9.59 Å². The molecule has 1 saturated heterocycles. The Morgan fingerprint density at radius 3 is 2.39 bits per heavy atom. The summed E-state index contributed by atoms with van der Waals surface area (Å²) in [6.45, 7) is 7.57. The Morgan fingerprint density at radius 1 is 0.918 bits per heavy atom. The van der Waals surface area contributed by atoms with Gasteiger partial charge >= 0.3 is 11.9 Å². The van der Waals surface area contributed by atoms with Gasteiger partial charge in [0.25, 0.3) is 0 Å². The van der Waals surface area contributed by atoms with Crippen LogP contribution in [0.1, 0.15) is 66.0 Å². The highest BCUT2D eigenvalue weighted by Gasteiger charge is 2.45. The third kappa shape index (κ3) is 9.29. The fourth-order valence-corrected chi connectivity index (χ4v) is 5.58. The first-order chi connectivity index (χ1) is 23.6. The summed E-state index contributed by atoms with van der Waals surface area (Å²) in [6.07, 6.45) is 5.32. The molecule has 260 valence electrons. The van der Waals surface area contributed by atoms with E-state index in [9.17, 15) is 9.59 Å². The largest absolute Gasteiger partial charge is 0.497 e. The van der Waals surface area contributed by atoms with Crippen LogP contribution in [0.3, 0.4) is 0 Å². The van der Waals surface area contributed by atoms with Gasteiger partial charge in [0.1, 0.15) is 47.7 Å². The van der Waals surface area contributed by atoms with Crippen molar-refractivity contribution in [2.75, 3.05) is 21.0 Å². The molecule has 0 aliphatic carbocycles. The first-order valence-electron chi connectivity index (χ1n) is 16.3. The van der Waals surface area contributed by atoms with E-state index in [0.717, 1.165) is 11.3 Å². The number of hydrogen-bond acceptors (Lipinski definition) is 10. The van der Waals surface area contributed by atoms with Crippen LogP contribution in [-0.2, 0) is 30.3 Å². The maximum absolute atomic E-state index is 13.8. The topological polar surface area (TPSA) is 108 Å². The van der Waals surface area contributed by atoms with Crippen molar-refractivity contribution >= 4 is 18.0 Å². The zero-order valence-corrected chi connectivity index (χ0v) is 28.8. The number of carbonyl (C=O) groups excluding carboxylic acids is 2. The smallest absolute Gasteiger partial charge is 0.342 e. The van der Waals surface area contributed by atoms with Crippen LogP contribution >= 0.6 is 0 Å². The molecule has 49 heavy (non-hydrogen) atoms. The van der Waals surface area contributed by atoms with E-state index in [4.69, 9.17) is 37.9 Å². The molecule has 10 heteroatoms. The van der Waals surface area contributed by atoms with Crippen LogP contribution in [0.15, 0.2) is 85.0 Å². The summed E-state index contributed by atoms with van der Waals surface area (Å²) >= 11 is 0. The molecule has 10 nitrogen and oxygen atoms in total. The molecule has 0 spiro atoms. The van der Waals surface area contributed by atoms with Gasteiger partial charge in [-0.15, -0.1) is 0 Å². The molecule has 3 aromatic carbocycles. The third-order valence-corrected chi connectivity index (χ3v) is 8.31. The number of fused-ring (bicyclic) bond motifs is 2. The van der Waals surface area contributed by atoms with Crippen molar-refractivity contribution in [3.05, 3.63) is 107 Å². The van der Waals surface area contributed by atoms with E-state index < -0.39 is 42.1 Å². The molecule has 0 N–H and O–H groups in total. The monoisotopic (exact) mass is 672 g/mol. The maximum atomic E-state index is 13.8. The predicted octanol–water partition coefficient (Wildman–Crippen LogP) is 7.16. The van der Waals surface area contributed by atoms with E-state index in [-0.39, 0.29) is 30.6 Å². The van der Waals surface area contributed by atoms with Crippen molar-refractivity contribution in [3.63, 3.8) is 0 Å². The molecule has 0 bridgehead atoms. The molecule has 2 unspecified atom stereocenters. The standard InChI is InChI=1S/C39H44O10/c1-25-15-20-32(47-37(40)28-11-8-7-9-12-28)36-33(48-39(3,4)49-36)14-10-13-29-21-31(44-23-27-16-18-30(43-6)19-17-27)22-34(45-24-42-5)35(29)38(41)46-26(25)2/h7-13,15-22,25-26,32-33,36H,14,23-24H2,1-6H3/b13-10?,20-15-/t25-,26+,32?,33+,36?/m1/s1. The average molecular weight is 673 g/mol. The Bertz CT molecular complexity index is 1630. The molecule has 5 rings (SSSR count). The SMILES string of the molecule is COCOc1cc(OCc2ccc(OC)cc2)cc2c1C(=O)O[C@@H](C)[C@H](C)/C=C\C(OC(=O)c1ccccc1)C1OC(C)(C)O[C@H]1CC=C2. The number of ether oxygens (including phenoxy) is 8. The zero-order chi connectivity index (χ0) is 35.0. The molecule has 0 aromatic heterocycles. The minimum absolute atomic E-state index is 0.0901. The van der Waals surface area contributed by atoms with Crippen LogP contribution < -0.4 is 14.2 Å². The molecule has 0 radical (unpaired) electrons. The van der Waals surface area contributed by atoms with Crippen LogP contribution in [0.2, 0.25) is 0 Å². The Kier molecular flexibility index (Phi) is 11.8. The van der Waals surface area contributed by atoms with E-state index in [1.807, 2.05) is 76.3 Å². The van der Waals surface area contributed by atoms with Gasteiger partial charge in [0.15, 0.2) is 12.6 Å². The predicted molar refractivity (Wildman–Crippen MR) is 183 cm³/mol. The highest BCUT2D eigenvalue weighted by Crippen LogP contribution is 2.36. The van der Waals surface area contributed by atoms with E-state index in [1.54, 1.807) is 49.6 Å². The van der Waals surface area contributed by atoms with Crippen molar-refractivity contribution in [2.45, 2.75) is 70.9 Å². The molecule has 5 atom stereocenters. The van der Waals surface area contributed by atoms with Crippen LogP contribution in [0.4, 0.5) is 0 Å². The third-order valence-electron chi connectivity index (χ3n) is 8.31. The summed E-state index contributed by atoms with van der Waals surface area (Å²) in [5.41, 5.74) is 2.12. The molecular weight excluding hydrogens is 628 g/mol. The Morgan fingerprint density at radius 2 is 1.67 bits per heavy atom. The van der Waals surface area contributed by atoms with Gasteiger partial charge < -0.3 is 37.9 Å². The van der Waals surface area contributed by atoms with E-state index in [1.165, 1.54) is 7.11 Å². The average Bonchev–Trinajstić information content (AvgIpc) is 3.41. The summed E-state index contributed by atoms with van der Waals surface area (Å²) in [5.74, 6) is -0.745. The summed E-state index contributed by atoms with van der Waals surface area (Å²) in [7, 11) is 3.12. The van der Waals surface area contributed by atoms with E-state index in [2.05, 4.69) is 0 Å². The highest BCUT2D eigenvalue weighted by atomic mass is 16.8. The van der Waals surface area contributed by atoms with Gasteiger partial charge in [-0.1, -0.05) is 55.5 Å². The van der Waals surface area contributed by atoms with Crippen LogP contribution in [0, 0.1) is 5.92 Å². The van der Waals surface area contributed by atoms with Gasteiger partial charge in [-0.05, 0) is 74.7 Å². The number of methoxy groups -OCH3 is 2. The fraction of sp³-hybridized carbons (Fsp3) is 0.385. The van der Waals surface area contributed by atoms with Crippen molar-refractivity contribution in [3.8, 4) is 17.2 Å². The molecule has 1 fully saturated rings. The van der Waals surface area contributed by atoms with Crippen molar-refractivity contribution in [1.29, 1.82) is 0 Å².